The lowest BCUT2D eigenvalue weighted by atomic mass is 10.1. The number of aldehydes is 1. The standard InChI is InChI=1S/C16H14ClNO4.C3H9N/c17-13-8-12(14(20)9-15(13)21)16(22)18(6-7-19)10-11-4-2-1-3-5-11;1-3-4-2/h1-5,7-9,20-21H,6,10H2;4H,3H2,1-2H3. The van der Waals surface area contributed by atoms with Crippen LogP contribution in [0.4, 0.5) is 0 Å². The van der Waals surface area contributed by atoms with Crippen LogP contribution in [0.15, 0.2) is 42.5 Å². The molecule has 0 atom stereocenters. The number of rotatable bonds is 6. The van der Waals surface area contributed by atoms with Crippen LogP contribution in [0.1, 0.15) is 22.8 Å². The molecule has 2 rings (SSSR count). The third-order valence-electron chi connectivity index (χ3n) is 3.45. The highest BCUT2D eigenvalue weighted by molar-refractivity contribution is 6.32. The molecule has 0 aliphatic heterocycles. The van der Waals surface area contributed by atoms with Crippen LogP contribution < -0.4 is 5.32 Å². The van der Waals surface area contributed by atoms with Gasteiger partial charge >= 0.3 is 0 Å². The first-order valence-corrected chi connectivity index (χ1v) is 8.45. The summed E-state index contributed by atoms with van der Waals surface area (Å²) < 4.78 is 0. The highest BCUT2D eigenvalue weighted by atomic mass is 35.5. The highest BCUT2D eigenvalue weighted by Gasteiger charge is 2.20. The number of aromatic hydroxyl groups is 2. The molecule has 0 fully saturated rings. The number of nitrogens with one attached hydrogen (secondary N) is 1. The predicted molar refractivity (Wildman–Crippen MR) is 102 cm³/mol. The van der Waals surface area contributed by atoms with Crippen molar-refractivity contribution in [2.24, 2.45) is 0 Å². The van der Waals surface area contributed by atoms with Gasteiger partial charge in [-0.15, -0.1) is 0 Å². The van der Waals surface area contributed by atoms with Crippen molar-refractivity contribution in [2.75, 3.05) is 20.1 Å². The summed E-state index contributed by atoms with van der Waals surface area (Å²) in [6, 6.07) is 11.3. The fourth-order valence-electron chi connectivity index (χ4n) is 2.01. The summed E-state index contributed by atoms with van der Waals surface area (Å²) in [6.45, 7) is 3.24. The molecule has 0 saturated carbocycles. The maximum Gasteiger partial charge on any atom is 0.258 e. The van der Waals surface area contributed by atoms with E-state index >= 15 is 0 Å². The molecule has 0 heterocycles. The van der Waals surface area contributed by atoms with Gasteiger partial charge in [0.1, 0.15) is 17.8 Å². The highest BCUT2D eigenvalue weighted by Crippen LogP contribution is 2.31. The lowest BCUT2D eigenvalue weighted by molar-refractivity contribution is -0.108. The van der Waals surface area contributed by atoms with E-state index in [9.17, 15) is 19.8 Å². The van der Waals surface area contributed by atoms with Crippen LogP contribution in [-0.4, -0.2) is 47.4 Å². The Morgan fingerprint density at radius 2 is 1.81 bits per heavy atom. The molecule has 6 nitrogen and oxygen atoms in total. The molecular formula is C19H23ClN2O4. The number of nitrogens with zero attached hydrogens (tertiary/aromatic N) is 1. The molecule has 3 N–H and O–H groups in total. The predicted octanol–water partition coefficient (Wildman–Crippen LogP) is 2.82. The van der Waals surface area contributed by atoms with Gasteiger partial charge in [0, 0.05) is 12.6 Å². The Morgan fingerprint density at radius 3 is 2.35 bits per heavy atom. The summed E-state index contributed by atoms with van der Waals surface area (Å²) in [7, 11) is 1.93. The Balaban J connectivity index is 0.000000765. The van der Waals surface area contributed by atoms with Crippen LogP contribution in [0.5, 0.6) is 11.5 Å². The van der Waals surface area contributed by atoms with Crippen molar-refractivity contribution >= 4 is 23.8 Å². The molecule has 2 aromatic carbocycles. The average Bonchev–Trinajstić information content (AvgIpc) is 2.65. The number of carbonyl (C=O) groups is 2. The van der Waals surface area contributed by atoms with E-state index in [1.54, 1.807) is 0 Å². The Morgan fingerprint density at radius 1 is 1.19 bits per heavy atom. The first-order valence-electron chi connectivity index (χ1n) is 8.07. The molecule has 26 heavy (non-hydrogen) atoms. The average molecular weight is 379 g/mol. The topological polar surface area (TPSA) is 89.9 Å². The van der Waals surface area contributed by atoms with Gasteiger partial charge in [0.2, 0.25) is 0 Å². The molecule has 0 saturated heterocycles. The first-order chi connectivity index (χ1) is 12.4. The van der Waals surface area contributed by atoms with Crippen molar-refractivity contribution in [2.45, 2.75) is 13.5 Å². The third-order valence-corrected chi connectivity index (χ3v) is 3.75. The fraction of sp³-hybridized carbons (Fsp3) is 0.263. The lowest BCUT2D eigenvalue weighted by Crippen LogP contribution is -2.32. The summed E-state index contributed by atoms with van der Waals surface area (Å²) in [5, 5.41) is 22.1. The Hall–Kier alpha value is -2.57. The van der Waals surface area contributed by atoms with Crippen LogP contribution in [0.3, 0.4) is 0 Å². The molecule has 0 unspecified atom stereocenters. The van der Waals surface area contributed by atoms with Crippen molar-refractivity contribution < 1.29 is 19.8 Å². The first kappa shape index (κ1) is 21.5. The van der Waals surface area contributed by atoms with E-state index in [0.29, 0.717) is 6.29 Å². The number of benzene rings is 2. The summed E-state index contributed by atoms with van der Waals surface area (Å²) in [6.07, 6.45) is 0.611. The van der Waals surface area contributed by atoms with Crippen molar-refractivity contribution in [3.8, 4) is 11.5 Å². The molecule has 1 amide bonds. The van der Waals surface area contributed by atoms with Crippen LogP contribution in [0, 0.1) is 0 Å². The Kier molecular flexibility index (Phi) is 9.19. The monoisotopic (exact) mass is 378 g/mol. The molecule has 0 aliphatic carbocycles. The van der Waals surface area contributed by atoms with Crippen LogP contribution >= 0.6 is 11.6 Å². The molecule has 140 valence electrons. The van der Waals surface area contributed by atoms with E-state index in [4.69, 9.17) is 11.6 Å². The van der Waals surface area contributed by atoms with E-state index in [2.05, 4.69) is 12.2 Å². The zero-order chi connectivity index (χ0) is 19.5. The fourth-order valence-corrected chi connectivity index (χ4v) is 2.17. The van der Waals surface area contributed by atoms with E-state index in [0.717, 1.165) is 18.2 Å². The van der Waals surface area contributed by atoms with Crippen molar-refractivity contribution in [3.05, 3.63) is 58.6 Å². The number of phenols is 2. The van der Waals surface area contributed by atoms with E-state index in [-0.39, 0.29) is 29.4 Å². The van der Waals surface area contributed by atoms with Gasteiger partial charge in [-0.2, -0.15) is 0 Å². The molecule has 0 spiro atoms. The summed E-state index contributed by atoms with van der Waals surface area (Å²) in [5.41, 5.74) is 0.780. The van der Waals surface area contributed by atoms with E-state index in [1.165, 1.54) is 11.0 Å². The number of hydrogen-bond acceptors (Lipinski definition) is 5. The molecule has 7 heteroatoms. The minimum absolute atomic E-state index is 0.0492. The normalized spacial score (nSPS) is 9.81. The van der Waals surface area contributed by atoms with Gasteiger partial charge in [0.05, 0.1) is 17.1 Å². The van der Waals surface area contributed by atoms with Gasteiger partial charge in [-0.05, 0) is 25.2 Å². The number of halogens is 1. The Bertz CT molecular complexity index is 721. The third kappa shape index (κ3) is 6.38. The second-order valence-electron chi connectivity index (χ2n) is 5.37. The maximum atomic E-state index is 12.5. The number of hydrogen-bond donors (Lipinski definition) is 3. The SMILES string of the molecule is CCNC.O=CCN(Cc1ccccc1)C(=O)c1cc(Cl)c(O)cc1O. The quantitative estimate of drug-likeness (QED) is 0.672. The van der Waals surface area contributed by atoms with Gasteiger partial charge in [-0.25, -0.2) is 0 Å². The molecule has 0 aromatic heterocycles. The van der Waals surface area contributed by atoms with Crippen LogP contribution in [0.25, 0.3) is 0 Å². The van der Waals surface area contributed by atoms with Gasteiger partial charge in [-0.3, -0.25) is 4.79 Å². The van der Waals surface area contributed by atoms with Gasteiger partial charge in [-0.1, -0.05) is 48.9 Å². The van der Waals surface area contributed by atoms with Gasteiger partial charge in [0.15, 0.2) is 0 Å². The smallest absolute Gasteiger partial charge is 0.258 e. The minimum Gasteiger partial charge on any atom is -0.507 e. The molecular weight excluding hydrogens is 356 g/mol. The summed E-state index contributed by atoms with van der Waals surface area (Å²) in [5.74, 6) is -1.26. The van der Waals surface area contributed by atoms with Gasteiger partial charge in [0.25, 0.3) is 5.91 Å². The largest absolute Gasteiger partial charge is 0.507 e. The lowest BCUT2D eigenvalue weighted by Gasteiger charge is -2.21. The zero-order valence-corrected chi connectivity index (χ0v) is 15.5. The second-order valence-corrected chi connectivity index (χ2v) is 5.77. The molecule has 0 radical (unpaired) electrons. The van der Waals surface area contributed by atoms with Crippen molar-refractivity contribution in [3.63, 3.8) is 0 Å². The maximum absolute atomic E-state index is 12.5. The molecule has 2 aromatic rings. The second kappa shape index (κ2) is 11.1. The number of amides is 1. The van der Waals surface area contributed by atoms with E-state index in [1.807, 2.05) is 37.4 Å². The molecule has 0 aliphatic rings. The van der Waals surface area contributed by atoms with Gasteiger partial charge < -0.3 is 25.2 Å². The van der Waals surface area contributed by atoms with Crippen molar-refractivity contribution in [1.29, 1.82) is 0 Å². The van der Waals surface area contributed by atoms with Crippen molar-refractivity contribution in [1.82, 2.24) is 10.2 Å². The van der Waals surface area contributed by atoms with Crippen LogP contribution in [0.2, 0.25) is 5.02 Å². The number of carbonyl (C=O) groups excluding carboxylic acids is 2. The summed E-state index contributed by atoms with van der Waals surface area (Å²) >= 11 is 5.77. The van der Waals surface area contributed by atoms with Crippen LogP contribution in [-0.2, 0) is 11.3 Å². The molecule has 0 bridgehead atoms. The number of phenolic OH excluding ortho intramolecular Hbond substituents is 2. The Labute approximate surface area is 158 Å². The summed E-state index contributed by atoms with van der Waals surface area (Å²) in [4.78, 5) is 24.6. The minimum atomic E-state index is -0.546. The van der Waals surface area contributed by atoms with E-state index < -0.39 is 11.7 Å². The zero-order valence-electron chi connectivity index (χ0n) is 14.8.